The maximum atomic E-state index is 12.2. The van der Waals surface area contributed by atoms with Crippen molar-refractivity contribution in [1.82, 2.24) is 4.90 Å². The maximum absolute atomic E-state index is 12.2. The molecule has 0 unspecified atom stereocenters. The second kappa shape index (κ2) is 6.76. The van der Waals surface area contributed by atoms with Crippen LogP contribution in [0.15, 0.2) is 0 Å². The number of carboxylic acids is 1. The Morgan fingerprint density at radius 1 is 1.22 bits per heavy atom. The first-order valence-corrected chi connectivity index (χ1v) is 6.96. The van der Waals surface area contributed by atoms with Crippen molar-refractivity contribution < 1.29 is 14.7 Å². The van der Waals surface area contributed by atoms with Crippen molar-refractivity contribution >= 4 is 11.9 Å². The van der Waals surface area contributed by atoms with E-state index in [2.05, 4.69) is 13.8 Å². The number of carbonyl (C=O) groups is 2. The summed E-state index contributed by atoms with van der Waals surface area (Å²) in [6.07, 6.45) is 4.02. The molecule has 1 saturated carbocycles. The van der Waals surface area contributed by atoms with Crippen LogP contribution in [0.3, 0.4) is 0 Å². The Labute approximate surface area is 109 Å². The SMILES string of the molecule is CCN(CC(=O)O)C(=O)C1CCC(C(C)C)CC1. The second-order valence-electron chi connectivity index (χ2n) is 5.60. The van der Waals surface area contributed by atoms with E-state index in [0.29, 0.717) is 12.5 Å². The fourth-order valence-corrected chi connectivity index (χ4v) is 2.80. The van der Waals surface area contributed by atoms with E-state index in [-0.39, 0.29) is 18.4 Å². The molecule has 0 heterocycles. The van der Waals surface area contributed by atoms with Gasteiger partial charge in [-0.1, -0.05) is 13.8 Å². The lowest BCUT2D eigenvalue weighted by Gasteiger charge is -2.32. The Bertz CT molecular complexity index is 293. The number of likely N-dealkylation sites (N-methyl/N-ethyl adjacent to an activating group) is 1. The molecule has 0 atom stereocenters. The maximum Gasteiger partial charge on any atom is 0.323 e. The van der Waals surface area contributed by atoms with Gasteiger partial charge in [0.1, 0.15) is 6.54 Å². The number of carboxylic acid groups (broad SMARTS) is 1. The molecule has 1 fully saturated rings. The fourth-order valence-electron chi connectivity index (χ4n) is 2.80. The molecule has 0 aromatic carbocycles. The van der Waals surface area contributed by atoms with E-state index >= 15 is 0 Å². The van der Waals surface area contributed by atoms with E-state index in [9.17, 15) is 9.59 Å². The van der Waals surface area contributed by atoms with Crippen molar-refractivity contribution in [2.75, 3.05) is 13.1 Å². The minimum absolute atomic E-state index is 0.0297. The number of hydrogen-bond acceptors (Lipinski definition) is 2. The Morgan fingerprint density at radius 3 is 2.17 bits per heavy atom. The molecule has 0 radical (unpaired) electrons. The van der Waals surface area contributed by atoms with Crippen molar-refractivity contribution in [2.24, 2.45) is 17.8 Å². The van der Waals surface area contributed by atoms with E-state index in [1.165, 1.54) is 4.90 Å². The molecule has 1 N–H and O–H groups in total. The van der Waals surface area contributed by atoms with Crippen LogP contribution >= 0.6 is 0 Å². The average molecular weight is 255 g/mol. The predicted octanol–water partition coefficient (Wildman–Crippen LogP) is 2.38. The third kappa shape index (κ3) is 4.00. The Kier molecular flexibility index (Phi) is 5.63. The summed E-state index contributed by atoms with van der Waals surface area (Å²) in [4.78, 5) is 24.4. The number of hydrogen-bond donors (Lipinski definition) is 1. The summed E-state index contributed by atoms with van der Waals surface area (Å²) < 4.78 is 0. The summed E-state index contributed by atoms with van der Waals surface area (Å²) in [7, 11) is 0. The van der Waals surface area contributed by atoms with Crippen molar-refractivity contribution in [3.8, 4) is 0 Å². The highest BCUT2D eigenvalue weighted by Crippen LogP contribution is 2.34. The molecule has 0 saturated heterocycles. The van der Waals surface area contributed by atoms with E-state index in [0.717, 1.165) is 31.6 Å². The summed E-state index contributed by atoms with van der Waals surface area (Å²) in [5.74, 6) is 0.549. The molecule has 0 aromatic heterocycles. The Morgan fingerprint density at radius 2 is 1.78 bits per heavy atom. The molecule has 0 aliphatic heterocycles. The first kappa shape index (κ1) is 15.0. The zero-order valence-electron chi connectivity index (χ0n) is 11.7. The van der Waals surface area contributed by atoms with Crippen LogP contribution in [-0.4, -0.2) is 35.0 Å². The minimum Gasteiger partial charge on any atom is -0.480 e. The number of nitrogens with zero attached hydrogens (tertiary/aromatic N) is 1. The summed E-state index contributed by atoms with van der Waals surface area (Å²) in [5, 5.41) is 8.78. The molecule has 4 heteroatoms. The molecular formula is C14H25NO3. The average Bonchev–Trinajstić information content (AvgIpc) is 2.35. The van der Waals surface area contributed by atoms with Crippen LogP contribution in [0, 0.1) is 17.8 Å². The van der Waals surface area contributed by atoms with Gasteiger partial charge in [0.25, 0.3) is 0 Å². The van der Waals surface area contributed by atoms with Gasteiger partial charge in [-0.05, 0) is 44.4 Å². The van der Waals surface area contributed by atoms with Gasteiger partial charge in [-0.2, -0.15) is 0 Å². The normalized spacial score (nSPS) is 24.0. The molecule has 1 rings (SSSR count). The molecular weight excluding hydrogens is 230 g/mol. The zero-order chi connectivity index (χ0) is 13.7. The lowest BCUT2D eigenvalue weighted by molar-refractivity contribution is -0.146. The zero-order valence-corrected chi connectivity index (χ0v) is 11.7. The van der Waals surface area contributed by atoms with Gasteiger partial charge in [0.15, 0.2) is 0 Å². The Balaban J connectivity index is 2.50. The van der Waals surface area contributed by atoms with Crippen LogP contribution in [0.2, 0.25) is 0 Å². The van der Waals surface area contributed by atoms with Crippen molar-refractivity contribution in [3.05, 3.63) is 0 Å². The van der Waals surface area contributed by atoms with Gasteiger partial charge in [-0.25, -0.2) is 0 Å². The number of amides is 1. The summed E-state index contributed by atoms with van der Waals surface area (Å²) in [6.45, 7) is 6.61. The van der Waals surface area contributed by atoms with Gasteiger partial charge in [0, 0.05) is 12.5 Å². The molecule has 18 heavy (non-hydrogen) atoms. The molecule has 0 bridgehead atoms. The van der Waals surface area contributed by atoms with Crippen molar-refractivity contribution in [2.45, 2.75) is 46.5 Å². The van der Waals surface area contributed by atoms with Crippen LogP contribution in [0.5, 0.6) is 0 Å². The van der Waals surface area contributed by atoms with Crippen LogP contribution in [0.25, 0.3) is 0 Å². The molecule has 0 spiro atoms. The molecule has 0 aromatic rings. The van der Waals surface area contributed by atoms with Gasteiger partial charge in [0.05, 0.1) is 0 Å². The fraction of sp³-hybridized carbons (Fsp3) is 0.857. The molecule has 1 aliphatic rings. The topological polar surface area (TPSA) is 57.6 Å². The van der Waals surface area contributed by atoms with E-state index in [4.69, 9.17) is 5.11 Å². The Hall–Kier alpha value is -1.06. The van der Waals surface area contributed by atoms with E-state index in [1.54, 1.807) is 0 Å². The first-order valence-electron chi connectivity index (χ1n) is 6.96. The molecule has 4 nitrogen and oxygen atoms in total. The lowest BCUT2D eigenvalue weighted by atomic mass is 9.76. The van der Waals surface area contributed by atoms with Crippen LogP contribution in [0.1, 0.15) is 46.5 Å². The van der Waals surface area contributed by atoms with Gasteiger partial charge in [-0.3, -0.25) is 9.59 Å². The second-order valence-corrected chi connectivity index (χ2v) is 5.60. The minimum atomic E-state index is -0.930. The smallest absolute Gasteiger partial charge is 0.323 e. The number of carbonyl (C=O) groups excluding carboxylic acids is 1. The quantitative estimate of drug-likeness (QED) is 0.820. The summed E-state index contributed by atoms with van der Waals surface area (Å²) >= 11 is 0. The highest BCUT2D eigenvalue weighted by molar-refractivity contribution is 5.83. The number of aliphatic carboxylic acids is 1. The largest absolute Gasteiger partial charge is 0.480 e. The van der Waals surface area contributed by atoms with Gasteiger partial charge in [-0.15, -0.1) is 0 Å². The van der Waals surface area contributed by atoms with Gasteiger partial charge < -0.3 is 10.0 Å². The van der Waals surface area contributed by atoms with Crippen LogP contribution < -0.4 is 0 Å². The highest BCUT2D eigenvalue weighted by atomic mass is 16.4. The van der Waals surface area contributed by atoms with Crippen LogP contribution in [0.4, 0.5) is 0 Å². The first-order chi connectivity index (χ1) is 8.45. The predicted molar refractivity (Wildman–Crippen MR) is 70.2 cm³/mol. The molecule has 104 valence electrons. The van der Waals surface area contributed by atoms with Gasteiger partial charge in [0.2, 0.25) is 5.91 Å². The third-order valence-electron chi connectivity index (χ3n) is 4.08. The monoisotopic (exact) mass is 255 g/mol. The summed E-state index contributed by atoms with van der Waals surface area (Å²) in [5.41, 5.74) is 0. The molecule has 1 amide bonds. The van der Waals surface area contributed by atoms with Crippen molar-refractivity contribution in [1.29, 1.82) is 0 Å². The van der Waals surface area contributed by atoms with Gasteiger partial charge >= 0.3 is 5.97 Å². The van der Waals surface area contributed by atoms with Crippen molar-refractivity contribution in [3.63, 3.8) is 0 Å². The summed E-state index contributed by atoms with van der Waals surface area (Å²) in [6, 6.07) is 0. The van der Waals surface area contributed by atoms with E-state index < -0.39 is 5.97 Å². The standard InChI is InChI=1S/C14H25NO3/c1-4-15(9-13(16)17)14(18)12-7-5-11(6-8-12)10(2)3/h10-12H,4-9H2,1-3H3,(H,16,17). The highest BCUT2D eigenvalue weighted by Gasteiger charge is 2.30. The number of rotatable bonds is 5. The third-order valence-corrected chi connectivity index (χ3v) is 4.08. The van der Waals surface area contributed by atoms with E-state index in [1.807, 2.05) is 6.92 Å². The molecule has 1 aliphatic carbocycles. The lowest BCUT2D eigenvalue weighted by Crippen LogP contribution is -2.40. The van der Waals surface area contributed by atoms with Crippen LogP contribution in [-0.2, 0) is 9.59 Å².